The number of aromatic nitrogens is 3. The summed E-state index contributed by atoms with van der Waals surface area (Å²) in [5.74, 6) is 1.38. The fourth-order valence-corrected chi connectivity index (χ4v) is 2.82. The summed E-state index contributed by atoms with van der Waals surface area (Å²) in [7, 11) is 0. The number of thiophene rings is 1. The van der Waals surface area contributed by atoms with Crippen LogP contribution in [0.3, 0.4) is 0 Å². The third kappa shape index (κ3) is 3.75. The number of carbonyl (C=O) groups excluding carboxylic acids is 1. The van der Waals surface area contributed by atoms with Crippen LogP contribution in [0.5, 0.6) is 0 Å². The number of carbonyl (C=O) groups is 1. The molecule has 0 bridgehead atoms. The van der Waals surface area contributed by atoms with E-state index in [1.54, 1.807) is 11.3 Å². The molecule has 0 aliphatic rings. The third-order valence-electron chi connectivity index (χ3n) is 3.28. The van der Waals surface area contributed by atoms with Crippen LogP contribution in [0.2, 0.25) is 0 Å². The third-order valence-corrected chi connectivity index (χ3v) is 4.14. The Kier molecular flexibility index (Phi) is 4.38. The average Bonchev–Trinajstić information content (AvgIpc) is 3.17. The van der Waals surface area contributed by atoms with Gasteiger partial charge < -0.3 is 10.6 Å². The number of aryl methyl sites for hydroxylation is 1. The van der Waals surface area contributed by atoms with E-state index in [4.69, 9.17) is 0 Å². The summed E-state index contributed by atoms with van der Waals surface area (Å²) >= 11 is 1.61. The first-order valence-electron chi connectivity index (χ1n) is 7.19. The van der Waals surface area contributed by atoms with Gasteiger partial charge in [-0.2, -0.15) is 5.10 Å². The van der Waals surface area contributed by atoms with Crippen molar-refractivity contribution in [3.8, 4) is 10.7 Å². The first-order chi connectivity index (χ1) is 11.1. The van der Waals surface area contributed by atoms with Gasteiger partial charge in [-0.05, 0) is 36.1 Å². The summed E-state index contributed by atoms with van der Waals surface area (Å²) < 4.78 is 0. The molecule has 118 valence electrons. The summed E-state index contributed by atoms with van der Waals surface area (Å²) in [6, 6.07) is 9.72. The normalized spacial score (nSPS) is 10.5. The van der Waals surface area contributed by atoms with Crippen molar-refractivity contribution in [1.29, 1.82) is 0 Å². The van der Waals surface area contributed by atoms with E-state index in [2.05, 4.69) is 25.8 Å². The minimum Gasteiger partial charge on any atom is -0.377 e. The molecule has 3 aromatic rings. The summed E-state index contributed by atoms with van der Waals surface area (Å²) in [6.45, 7) is 4.04. The molecule has 0 aliphatic heterocycles. The SMILES string of the molecule is CC(=O)Nc1ccc(C)c(NCc2nc(-c3cccs3)n[nH]2)c1. The Balaban J connectivity index is 1.69. The Morgan fingerprint density at radius 3 is 2.96 bits per heavy atom. The van der Waals surface area contributed by atoms with Gasteiger partial charge in [0.25, 0.3) is 0 Å². The molecule has 7 heteroatoms. The lowest BCUT2D eigenvalue weighted by atomic mass is 10.1. The van der Waals surface area contributed by atoms with E-state index >= 15 is 0 Å². The molecule has 3 N–H and O–H groups in total. The number of rotatable bonds is 5. The number of hydrogen-bond acceptors (Lipinski definition) is 5. The molecule has 0 unspecified atom stereocenters. The highest BCUT2D eigenvalue weighted by molar-refractivity contribution is 7.13. The molecule has 2 aromatic heterocycles. The minimum atomic E-state index is -0.0874. The highest BCUT2D eigenvalue weighted by atomic mass is 32.1. The maximum absolute atomic E-state index is 11.2. The maximum Gasteiger partial charge on any atom is 0.221 e. The van der Waals surface area contributed by atoms with Crippen LogP contribution in [-0.2, 0) is 11.3 Å². The van der Waals surface area contributed by atoms with Gasteiger partial charge in [-0.15, -0.1) is 11.3 Å². The zero-order chi connectivity index (χ0) is 16.2. The Morgan fingerprint density at radius 2 is 2.22 bits per heavy atom. The first-order valence-corrected chi connectivity index (χ1v) is 8.07. The number of benzene rings is 1. The monoisotopic (exact) mass is 327 g/mol. The zero-order valence-electron chi connectivity index (χ0n) is 12.9. The van der Waals surface area contributed by atoms with Crippen LogP contribution in [0.4, 0.5) is 11.4 Å². The van der Waals surface area contributed by atoms with Crippen molar-refractivity contribution in [2.24, 2.45) is 0 Å². The molecule has 0 radical (unpaired) electrons. The van der Waals surface area contributed by atoms with Crippen molar-refractivity contribution in [2.45, 2.75) is 20.4 Å². The molecule has 0 fully saturated rings. The molecule has 0 saturated carbocycles. The Hall–Kier alpha value is -2.67. The predicted octanol–water partition coefficient (Wildman–Crippen LogP) is 3.41. The summed E-state index contributed by atoms with van der Waals surface area (Å²) in [5, 5.41) is 15.3. The molecule has 1 aromatic carbocycles. The van der Waals surface area contributed by atoms with E-state index in [1.165, 1.54) is 6.92 Å². The van der Waals surface area contributed by atoms with Crippen LogP contribution >= 0.6 is 11.3 Å². The van der Waals surface area contributed by atoms with Gasteiger partial charge in [0.1, 0.15) is 5.82 Å². The Bertz CT molecular complexity index is 810. The second kappa shape index (κ2) is 6.62. The summed E-state index contributed by atoms with van der Waals surface area (Å²) in [5.41, 5.74) is 2.81. The molecule has 3 rings (SSSR count). The van der Waals surface area contributed by atoms with Crippen LogP contribution in [-0.4, -0.2) is 21.1 Å². The van der Waals surface area contributed by atoms with Crippen LogP contribution in [0.15, 0.2) is 35.7 Å². The first kappa shape index (κ1) is 15.2. The lowest BCUT2D eigenvalue weighted by Crippen LogP contribution is -2.07. The molecular weight excluding hydrogens is 310 g/mol. The van der Waals surface area contributed by atoms with Gasteiger partial charge in [-0.3, -0.25) is 9.89 Å². The van der Waals surface area contributed by atoms with Crippen LogP contribution in [0.25, 0.3) is 10.7 Å². The molecule has 6 nitrogen and oxygen atoms in total. The van der Waals surface area contributed by atoms with E-state index in [-0.39, 0.29) is 5.91 Å². The number of anilines is 2. The van der Waals surface area contributed by atoms with Crippen molar-refractivity contribution in [3.63, 3.8) is 0 Å². The molecule has 0 atom stereocenters. The molecule has 0 saturated heterocycles. The standard InChI is InChI=1S/C16H17N5OS/c1-10-5-6-12(18-11(2)22)8-13(10)17-9-15-19-16(21-20-15)14-4-3-7-23-14/h3-8,17H,9H2,1-2H3,(H,18,22)(H,19,20,21). The van der Waals surface area contributed by atoms with Gasteiger partial charge in [0.15, 0.2) is 5.82 Å². The van der Waals surface area contributed by atoms with Crippen molar-refractivity contribution < 1.29 is 4.79 Å². The Labute approximate surface area is 138 Å². The van der Waals surface area contributed by atoms with Crippen LogP contribution in [0, 0.1) is 6.92 Å². The van der Waals surface area contributed by atoms with Crippen molar-refractivity contribution in [3.05, 3.63) is 47.1 Å². The van der Waals surface area contributed by atoms with Gasteiger partial charge >= 0.3 is 0 Å². The number of aromatic amines is 1. The van der Waals surface area contributed by atoms with Crippen molar-refractivity contribution in [2.75, 3.05) is 10.6 Å². The fourth-order valence-electron chi connectivity index (χ4n) is 2.16. The second-order valence-corrected chi connectivity index (χ2v) is 6.10. The van der Waals surface area contributed by atoms with Gasteiger partial charge in [-0.25, -0.2) is 4.98 Å². The molecule has 23 heavy (non-hydrogen) atoms. The van der Waals surface area contributed by atoms with Gasteiger partial charge in [0.2, 0.25) is 5.91 Å². The van der Waals surface area contributed by atoms with Gasteiger partial charge in [0, 0.05) is 18.3 Å². The van der Waals surface area contributed by atoms with Gasteiger partial charge in [0.05, 0.1) is 11.4 Å². The van der Waals surface area contributed by atoms with Crippen molar-refractivity contribution in [1.82, 2.24) is 15.2 Å². The fraction of sp³-hybridized carbons (Fsp3) is 0.188. The lowest BCUT2D eigenvalue weighted by molar-refractivity contribution is -0.114. The van der Waals surface area contributed by atoms with E-state index in [0.717, 1.165) is 27.6 Å². The number of hydrogen-bond donors (Lipinski definition) is 3. The molecule has 0 spiro atoms. The van der Waals surface area contributed by atoms with E-state index < -0.39 is 0 Å². The predicted molar refractivity (Wildman–Crippen MR) is 92.5 cm³/mol. The number of nitrogens with one attached hydrogen (secondary N) is 3. The summed E-state index contributed by atoms with van der Waals surface area (Å²) in [6.07, 6.45) is 0. The number of nitrogens with zero attached hydrogens (tertiary/aromatic N) is 2. The Morgan fingerprint density at radius 1 is 1.35 bits per heavy atom. The average molecular weight is 327 g/mol. The maximum atomic E-state index is 11.2. The number of amides is 1. The quantitative estimate of drug-likeness (QED) is 0.670. The lowest BCUT2D eigenvalue weighted by Gasteiger charge is -2.10. The molecule has 1 amide bonds. The van der Waals surface area contributed by atoms with E-state index in [9.17, 15) is 4.79 Å². The largest absolute Gasteiger partial charge is 0.377 e. The highest BCUT2D eigenvalue weighted by Crippen LogP contribution is 2.22. The topological polar surface area (TPSA) is 82.7 Å². The van der Waals surface area contributed by atoms with Gasteiger partial charge in [-0.1, -0.05) is 12.1 Å². The summed E-state index contributed by atoms with van der Waals surface area (Å²) in [4.78, 5) is 16.7. The molecular formula is C16H17N5OS. The highest BCUT2D eigenvalue weighted by Gasteiger charge is 2.07. The smallest absolute Gasteiger partial charge is 0.221 e. The minimum absolute atomic E-state index is 0.0874. The zero-order valence-corrected chi connectivity index (χ0v) is 13.7. The van der Waals surface area contributed by atoms with E-state index in [1.807, 2.05) is 42.6 Å². The second-order valence-electron chi connectivity index (χ2n) is 5.15. The van der Waals surface area contributed by atoms with Crippen molar-refractivity contribution >= 4 is 28.6 Å². The van der Waals surface area contributed by atoms with Crippen LogP contribution in [0.1, 0.15) is 18.3 Å². The van der Waals surface area contributed by atoms with Crippen LogP contribution < -0.4 is 10.6 Å². The molecule has 0 aliphatic carbocycles. The van der Waals surface area contributed by atoms with E-state index in [0.29, 0.717) is 12.4 Å². The molecule has 2 heterocycles. The number of H-pyrrole nitrogens is 1.